The number of nitrogens with zero attached hydrogens (tertiary/aromatic N) is 3. The summed E-state index contributed by atoms with van der Waals surface area (Å²) in [5.74, 6) is -0.912. The Labute approximate surface area is 187 Å². The van der Waals surface area contributed by atoms with Crippen molar-refractivity contribution in [2.24, 2.45) is 5.92 Å². The number of hydrogen-bond acceptors (Lipinski definition) is 7. The number of nitrogen functional groups attached to an aromatic ring is 1. The average molecular weight is 458 g/mol. The van der Waals surface area contributed by atoms with Gasteiger partial charge in [-0.15, -0.1) is 0 Å². The van der Waals surface area contributed by atoms with Crippen molar-refractivity contribution in [3.63, 3.8) is 0 Å². The number of nitrogens with two attached hydrogens (primary N) is 1. The van der Waals surface area contributed by atoms with Crippen molar-refractivity contribution in [1.82, 2.24) is 19.1 Å². The van der Waals surface area contributed by atoms with Gasteiger partial charge in [0.2, 0.25) is 5.91 Å². The molecule has 2 aromatic heterocycles. The maximum absolute atomic E-state index is 13.2. The first-order valence-corrected chi connectivity index (χ1v) is 10.3. The molecule has 0 spiro atoms. The van der Waals surface area contributed by atoms with Crippen molar-refractivity contribution in [3.05, 3.63) is 65.9 Å². The van der Waals surface area contributed by atoms with Gasteiger partial charge >= 0.3 is 11.4 Å². The zero-order chi connectivity index (χ0) is 24.3. The molecule has 0 aliphatic carbocycles. The van der Waals surface area contributed by atoms with E-state index in [9.17, 15) is 24.0 Å². The molecule has 0 saturated heterocycles. The SMILES string of the molecule is COCCN(C(=O)Cn1c(=O)[nH]c2ccccc2c1=O)c1c(N)n(CC(C)C)c(=O)[nH]c1=O. The fourth-order valence-corrected chi connectivity index (χ4v) is 3.49. The first-order chi connectivity index (χ1) is 15.6. The van der Waals surface area contributed by atoms with Gasteiger partial charge < -0.3 is 20.4 Å². The summed E-state index contributed by atoms with van der Waals surface area (Å²) in [6.45, 7) is 3.24. The van der Waals surface area contributed by atoms with Crippen LogP contribution in [-0.2, 0) is 22.6 Å². The number of carbonyl (C=O) groups excluding carboxylic acids is 1. The first kappa shape index (κ1) is 23.7. The number of aromatic amines is 2. The number of nitrogens with one attached hydrogen (secondary N) is 2. The van der Waals surface area contributed by atoms with Crippen LogP contribution in [0.5, 0.6) is 0 Å². The molecule has 1 aromatic carbocycles. The number of ether oxygens (including phenoxy) is 1. The molecule has 0 saturated carbocycles. The number of aromatic nitrogens is 4. The molecule has 12 nitrogen and oxygen atoms in total. The van der Waals surface area contributed by atoms with E-state index in [1.54, 1.807) is 18.2 Å². The molecular weight excluding hydrogens is 432 g/mol. The highest BCUT2D eigenvalue weighted by Crippen LogP contribution is 2.18. The van der Waals surface area contributed by atoms with Gasteiger partial charge in [-0.1, -0.05) is 26.0 Å². The van der Waals surface area contributed by atoms with Gasteiger partial charge in [-0.05, 0) is 18.1 Å². The zero-order valence-corrected chi connectivity index (χ0v) is 18.6. The van der Waals surface area contributed by atoms with Crippen molar-refractivity contribution in [3.8, 4) is 0 Å². The van der Waals surface area contributed by atoms with Crippen molar-refractivity contribution in [1.29, 1.82) is 0 Å². The number of benzene rings is 1. The number of hydrogen-bond donors (Lipinski definition) is 3. The summed E-state index contributed by atoms with van der Waals surface area (Å²) in [5.41, 5.74) is 3.26. The lowest BCUT2D eigenvalue weighted by atomic mass is 10.2. The molecule has 12 heteroatoms. The van der Waals surface area contributed by atoms with Crippen molar-refractivity contribution < 1.29 is 9.53 Å². The summed E-state index contributed by atoms with van der Waals surface area (Å²) in [4.78, 5) is 69.2. The molecule has 3 rings (SSSR count). The molecule has 0 unspecified atom stereocenters. The van der Waals surface area contributed by atoms with E-state index in [0.29, 0.717) is 5.52 Å². The minimum atomic E-state index is -0.860. The Hall–Kier alpha value is -3.93. The third kappa shape index (κ3) is 4.80. The summed E-state index contributed by atoms with van der Waals surface area (Å²) in [5, 5.41) is 0.233. The second-order valence-electron chi connectivity index (χ2n) is 7.90. The van der Waals surface area contributed by atoms with E-state index < -0.39 is 34.9 Å². The number of carbonyl (C=O) groups is 1. The quantitative estimate of drug-likeness (QED) is 0.408. The number of anilines is 2. The summed E-state index contributed by atoms with van der Waals surface area (Å²) >= 11 is 0. The van der Waals surface area contributed by atoms with Crippen molar-refractivity contribution in [2.45, 2.75) is 26.9 Å². The standard InChI is InChI=1S/C21H26N6O6/c1-12(2)10-26-17(22)16(18(29)24-21(26)32)25(8-9-33-3)15(28)11-27-19(30)13-6-4-5-7-14(13)23-20(27)31/h4-7,12H,8-11,22H2,1-3H3,(H,23,31)(H,24,29,32). The van der Waals surface area contributed by atoms with Gasteiger partial charge in [0.15, 0.2) is 5.69 Å². The predicted molar refractivity (Wildman–Crippen MR) is 124 cm³/mol. The van der Waals surface area contributed by atoms with Crippen LogP contribution in [-0.4, -0.2) is 45.3 Å². The van der Waals surface area contributed by atoms with Gasteiger partial charge in [0.25, 0.3) is 11.1 Å². The molecule has 0 bridgehead atoms. The van der Waals surface area contributed by atoms with Gasteiger partial charge in [-0.25, -0.2) is 9.59 Å². The summed E-state index contributed by atoms with van der Waals surface area (Å²) in [6.07, 6.45) is 0. The fraction of sp³-hybridized carbons (Fsp3) is 0.381. The van der Waals surface area contributed by atoms with E-state index in [0.717, 1.165) is 9.47 Å². The number of fused-ring (bicyclic) bond motifs is 1. The van der Waals surface area contributed by atoms with Crippen LogP contribution in [0.25, 0.3) is 10.9 Å². The average Bonchev–Trinajstić information content (AvgIpc) is 2.76. The molecule has 0 fully saturated rings. The Bertz CT molecular complexity index is 1410. The third-order valence-corrected chi connectivity index (χ3v) is 5.03. The van der Waals surface area contributed by atoms with Crippen LogP contribution < -0.4 is 33.1 Å². The second-order valence-corrected chi connectivity index (χ2v) is 7.90. The van der Waals surface area contributed by atoms with Gasteiger partial charge in [0.1, 0.15) is 12.4 Å². The highest BCUT2D eigenvalue weighted by Gasteiger charge is 2.25. The van der Waals surface area contributed by atoms with E-state index in [1.165, 1.54) is 17.7 Å². The van der Waals surface area contributed by atoms with E-state index >= 15 is 0 Å². The molecule has 0 aliphatic heterocycles. The first-order valence-electron chi connectivity index (χ1n) is 10.3. The fourth-order valence-electron chi connectivity index (χ4n) is 3.49. The Morgan fingerprint density at radius 2 is 1.76 bits per heavy atom. The summed E-state index contributed by atoms with van der Waals surface area (Å²) in [7, 11) is 1.41. The van der Waals surface area contributed by atoms with E-state index in [4.69, 9.17) is 10.5 Å². The third-order valence-electron chi connectivity index (χ3n) is 5.03. The number of methoxy groups -OCH3 is 1. The Kier molecular flexibility index (Phi) is 6.97. The number of H-pyrrole nitrogens is 2. The summed E-state index contributed by atoms with van der Waals surface area (Å²) < 4.78 is 6.96. The lowest BCUT2D eigenvalue weighted by Crippen LogP contribution is -2.46. The van der Waals surface area contributed by atoms with E-state index in [2.05, 4.69) is 9.97 Å². The largest absolute Gasteiger partial charge is 0.383 e. The molecular formula is C21H26N6O6. The van der Waals surface area contributed by atoms with Crippen LogP contribution in [0.3, 0.4) is 0 Å². The van der Waals surface area contributed by atoms with Gasteiger partial charge in [-0.2, -0.15) is 0 Å². The van der Waals surface area contributed by atoms with E-state index in [1.807, 2.05) is 13.8 Å². The zero-order valence-electron chi connectivity index (χ0n) is 18.6. The van der Waals surface area contributed by atoms with Crippen molar-refractivity contribution >= 4 is 28.3 Å². The normalized spacial score (nSPS) is 11.3. The Morgan fingerprint density at radius 3 is 2.42 bits per heavy atom. The highest BCUT2D eigenvalue weighted by atomic mass is 16.5. The predicted octanol–water partition coefficient (Wildman–Crippen LogP) is -0.542. The number of amides is 1. The topological polar surface area (TPSA) is 165 Å². The van der Waals surface area contributed by atoms with Crippen LogP contribution >= 0.6 is 0 Å². The lowest BCUT2D eigenvalue weighted by Gasteiger charge is -2.25. The second kappa shape index (κ2) is 9.69. The maximum Gasteiger partial charge on any atom is 0.330 e. The van der Waals surface area contributed by atoms with Crippen LogP contribution in [0.15, 0.2) is 43.4 Å². The van der Waals surface area contributed by atoms with Crippen LogP contribution in [0.4, 0.5) is 11.5 Å². The van der Waals surface area contributed by atoms with Crippen LogP contribution in [0.2, 0.25) is 0 Å². The Morgan fingerprint density at radius 1 is 1.09 bits per heavy atom. The molecule has 0 atom stereocenters. The molecule has 0 aliphatic rings. The minimum Gasteiger partial charge on any atom is -0.383 e. The summed E-state index contributed by atoms with van der Waals surface area (Å²) in [6, 6.07) is 6.41. The molecule has 33 heavy (non-hydrogen) atoms. The highest BCUT2D eigenvalue weighted by molar-refractivity contribution is 5.95. The maximum atomic E-state index is 13.2. The monoisotopic (exact) mass is 458 g/mol. The van der Waals surface area contributed by atoms with Gasteiger partial charge in [0.05, 0.1) is 17.5 Å². The lowest BCUT2D eigenvalue weighted by molar-refractivity contribution is -0.119. The van der Waals surface area contributed by atoms with Crippen LogP contribution in [0, 0.1) is 5.92 Å². The number of rotatable bonds is 8. The smallest absolute Gasteiger partial charge is 0.330 e. The number of para-hydroxylation sites is 1. The molecule has 176 valence electrons. The Balaban J connectivity index is 2.10. The molecule has 0 radical (unpaired) electrons. The molecule has 1 amide bonds. The van der Waals surface area contributed by atoms with Crippen molar-refractivity contribution in [2.75, 3.05) is 30.9 Å². The minimum absolute atomic E-state index is 0.0293. The molecule has 2 heterocycles. The van der Waals surface area contributed by atoms with Gasteiger partial charge in [-0.3, -0.25) is 28.5 Å². The van der Waals surface area contributed by atoms with Crippen LogP contribution in [0.1, 0.15) is 13.8 Å². The van der Waals surface area contributed by atoms with E-state index in [-0.39, 0.29) is 42.5 Å². The van der Waals surface area contributed by atoms with Gasteiger partial charge in [0, 0.05) is 20.2 Å². The molecule has 3 aromatic rings. The molecule has 4 N–H and O–H groups in total.